The van der Waals surface area contributed by atoms with E-state index in [0.717, 1.165) is 19.4 Å². The summed E-state index contributed by atoms with van der Waals surface area (Å²) < 4.78 is 0. The van der Waals surface area contributed by atoms with Crippen molar-refractivity contribution in [3.05, 3.63) is 24.8 Å². The van der Waals surface area contributed by atoms with Gasteiger partial charge in [0.05, 0.1) is 0 Å². The highest BCUT2D eigenvalue weighted by Crippen LogP contribution is 2.02. The first-order valence-electron chi connectivity index (χ1n) is 3.79. The third-order valence-electron chi connectivity index (χ3n) is 1.41. The molecule has 1 unspecified atom stereocenters. The largest absolute Gasteiger partial charge is 0.330 e. The van der Waals surface area contributed by atoms with Crippen molar-refractivity contribution in [2.45, 2.75) is 19.8 Å². The first kappa shape index (κ1) is 9.44. The van der Waals surface area contributed by atoms with E-state index >= 15 is 0 Å². The highest BCUT2D eigenvalue weighted by molar-refractivity contribution is 4.87. The Bertz CT molecular complexity index is 105. The van der Waals surface area contributed by atoms with Crippen LogP contribution < -0.4 is 5.73 Å². The van der Waals surface area contributed by atoms with Gasteiger partial charge in [-0.05, 0) is 25.3 Å². The normalized spacial score (nSPS) is 13.8. The molecule has 0 aromatic carbocycles. The molecule has 10 heavy (non-hydrogen) atoms. The second kappa shape index (κ2) is 6.56. The van der Waals surface area contributed by atoms with Gasteiger partial charge in [0, 0.05) is 0 Å². The third-order valence-corrected chi connectivity index (χ3v) is 1.41. The molecule has 0 bridgehead atoms. The monoisotopic (exact) mass is 139 g/mol. The molecule has 0 aliphatic rings. The fourth-order valence-electron chi connectivity index (χ4n) is 0.621. The first-order valence-corrected chi connectivity index (χ1v) is 3.79. The van der Waals surface area contributed by atoms with Crippen molar-refractivity contribution in [3.63, 3.8) is 0 Å². The van der Waals surface area contributed by atoms with Crippen molar-refractivity contribution in [3.8, 4) is 0 Å². The Kier molecular flexibility index (Phi) is 6.19. The average Bonchev–Trinajstić information content (AvgIpc) is 1.98. The van der Waals surface area contributed by atoms with Gasteiger partial charge in [-0.3, -0.25) is 0 Å². The second-order valence-corrected chi connectivity index (χ2v) is 2.50. The molecule has 0 aromatic rings. The minimum Gasteiger partial charge on any atom is -0.330 e. The van der Waals surface area contributed by atoms with Crippen molar-refractivity contribution in [1.82, 2.24) is 0 Å². The Labute approximate surface area is 63.6 Å². The summed E-state index contributed by atoms with van der Waals surface area (Å²) in [6, 6.07) is 0. The lowest BCUT2D eigenvalue weighted by Gasteiger charge is -1.97. The van der Waals surface area contributed by atoms with Crippen molar-refractivity contribution in [2.24, 2.45) is 11.7 Å². The van der Waals surface area contributed by atoms with Crippen LogP contribution >= 0.6 is 0 Å². The van der Waals surface area contributed by atoms with Gasteiger partial charge >= 0.3 is 0 Å². The summed E-state index contributed by atoms with van der Waals surface area (Å²) in [5, 5.41) is 0. The molecule has 1 nitrogen and oxygen atoms in total. The predicted octanol–water partition coefficient (Wildman–Crippen LogP) is 2.10. The lowest BCUT2D eigenvalue weighted by molar-refractivity contribution is 0.744. The lowest BCUT2D eigenvalue weighted by Crippen LogP contribution is -1.95. The van der Waals surface area contributed by atoms with E-state index in [-0.39, 0.29) is 0 Å². The second-order valence-electron chi connectivity index (χ2n) is 2.50. The van der Waals surface area contributed by atoms with Crippen LogP contribution in [-0.2, 0) is 0 Å². The van der Waals surface area contributed by atoms with Gasteiger partial charge in [-0.2, -0.15) is 0 Å². The van der Waals surface area contributed by atoms with Crippen LogP contribution in [0, 0.1) is 5.92 Å². The highest BCUT2D eigenvalue weighted by atomic mass is 14.5. The van der Waals surface area contributed by atoms with Gasteiger partial charge in [0.15, 0.2) is 0 Å². The SMILES string of the molecule is C=CC(C)C/C=C\CCN. The van der Waals surface area contributed by atoms with Crippen molar-refractivity contribution >= 4 is 0 Å². The molecule has 0 fully saturated rings. The molecule has 0 spiro atoms. The topological polar surface area (TPSA) is 26.0 Å². The highest BCUT2D eigenvalue weighted by Gasteiger charge is 1.88. The number of hydrogen-bond acceptors (Lipinski definition) is 1. The van der Waals surface area contributed by atoms with Gasteiger partial charge in [0.2, 0.25) is 0 Å². The van der Waals surface area contributed by atoms with Crippen LogP contribution in [0.15, 0.2) is 24.8 Å². The molecule has 0 radical (unpaired) electrons. The summed E-state index contributed by atoms with van der Waals surface area (Å²) in [5.41, 5.74) is 5.31. The van der Waals surface area contributed by atoms with Gasteiger partial charge in [0.25, 0.3) is 0 Å². The van der Waals surface area contributed by atoms with Crippen LogP contribution in [0.4, 0.5) is 0 Å². The van der Waals surface area contributed by atoms with Gasteiger partial charge < -0.3 is 5.73 Å². The van der Waals surface area contributed by atoms with E-state index in [1.807, 2.05) is 6.08 Å². The Balaban J connectivity index is 3.24. The number of rotatable bonds is 5. The molecule has 0 aromatic heterocycles. The van der Waals surface area contributed by atoms with E-state index in [4.69, 9.17) is 5.73 Å². The maximum Gasteiger partial charge on any atom is -0.00426 e. The maximum atomic E-state index is 5.31. The van der Waals surface area contributed by atoms with Crippen LogP contribution in [0.2, 0.25) is 0 Å². The number of hydrogen-bond donors (Lipinski definition) is 1. The van der Waals surface area contributed by atoms with E-state index in [1.165, 1.54) is 0 Å². The molecule has 0 amide bonds. The summed E-state index contributed by atoms with van der Waals surface area (Å²) in [4.78, 5) is 0. The van der Waals surface area contributed by atoms with Gasteiger partial charge in [-0.1, -0.05) is 25.2 Å². The average molecular weight is 139 g/mol. The van der Waals surface area contributed by atoms with Gasteiger partial charge in [-0.15, -0.1) is 6.58 Å². The van der Waals surface area contributed by atoms with Gasteiger partial charge in [-0.25, -0.2) is 0 Å². The minimum atomic E-state index is 0.592. The molecule has 0 aliphatic heterocycles. The third kappa shape index (κ3) is 5.57. The predicted molar refractivity (Wildman–Crippen MR) is 46.8 cm³/mol. The minimum absolute atomic E-state index is 0.592. The fraction of sp³-hybridized carbons (Fsp3) is 0.556. The van der Waals surface area contributed by atoms with E-state index in [2.05, 4.69) is 25.7 Å². The first-order chi connectivity index (χ1) is 4.81. The Hall–Kier alpha value is -0.560. The Morgan fingerprint density at radius 2 is 2.20 bits per heavy atom. The van der Waals surface area contributed by atoms with Crippen LogP contribution in [0.5, 0.6) is 0 Å². The molecule has 0 saturated heterocycles. The summed E-state index contributed by atoms with van der Waals surface area (Å²) in [5.74, 6) is 0.592. The standard InChI is InChI=1S/C9H17N/c1-3-9(2)7-5-4-6-8-10/h3-5,9H,1,6-8,10H2,2H3/b5-4-. The molecular formula is C9H17N. The fourth-order valence-corrected chi connectivity index (χ4v) is 0.621. The number of nitrogens with two attached hydrogens (primary N) is 1. The molecule has 1 heteroatoms. The van der Waals surface area contributed by atoms with Crippen molar-refractivity contribution < 1.29 is 0 Å². The molecule has 2 N–H and O–H groups in total. The Morgan fingerprint density at radius 3 is 2.70 bits per heavy atom. The van der Waals surface area contributed by atoms with E-state index < -0.39 is 0 Å². The van der Waals surface area contributed by atoms with Crippen LogP contribution in [0.25, 0.3) is 0 Å². The quantitative estimate of drug-likeness (QED) is 0.580. The molecule has 58 valence electrons. The molecule has 1 atom stereocenters. The molecule has 0 heterocycles. The summed E-state index contributed by atoms with van der Waals surface area (Å²) in [6.45, 7) is 6.60. The summed E-state index contributed by atoms with van der Waals surface area (Å²) in [7, 11) is 0. The van der Waals surface area contributed by atoms with Crippen molar-refractivity contribution in [2.75, 3.05) is 6.54 Å². The van der Waals surface area contributed by atoms with Gasteiger partial charge in [0.1, 0.15) is 0 Å². The summed E-state index contributed by atoms with van der Waals surface area (Å²) >= 11 is 0. The zero-order valence-electron chi connectivity index (χ0n) is 6.72. The molecule has 0 rings (SSSR count). The molecule has 0 saturated carbocycles. The van der Waals surface area contributed by atoms with Crippen molar-refractivity contribution in [1.29, 1.82) is 0 Å². The van der Waals surface area contributed by atoms with E-state index in [0.29, 0.717) is 5.92 Å². The zero-order valence-corrected chi connectivity index (χ0v) is 6.72. The van der Waals surface area contributed by atoms with E-state index in [9.17, 15) is 0 Å². The van der Waals surface area contributed by atoms with Crippen LogP contribution in [-0.4, -0.2) is 6.54 Å². The summed E-state index contributed by atoms with van der Waals surface area (Å²) in [6.07, 6.45) is 8.33. The zero-order chi connectivity index (χ0) is 7.82. The maximum absolute atomic E-state index is 5.31. The molecule has 0 aliphatic carbocycles. The molecular weight excluding hydrogens is 122 g/mol. The Morgan fingerprint density at radius 1 is 1.50 bits per heavy atom. The lowest BCUT2D eigenvalue weighted by atomic mass is 10.1. The smallest absolute Gasteiger partial charge is 0.00426 e. The van der Waals surface area contributed by atoms with Crippen LogP contribution in [0.3, 0.4) is 0 Å². The number of allylic oxidation sites excluding steroid dienone is 2. The van der Waals surface area contributed by atoms with Crippen LogP contribution in [0.1, 0.15) is 19.8 Å². The van der Waals surface area contributed by atoms with E-state index in [1.54, 1.807) is 0 Å².